The molecule has 0 spiro atoms. The SMILES string of the molecule is Cc1ccccc1CNC(=O)c1c(C)oc2ccn(C)c(=O)c12. The van der Waals surface area contributed by atoms with Crippen LogP contribution in [-0.4, -0.2) is 10.5 Å². The second kappa shape index (κ2) is 5.76. The van der Waals surface area contributed by atoms with E-state index in [0.717, 1.165) is 11.1 Å². The Morgan fingerprint density at radius 2 is 1.96 bits per heavy atom. The van der Waals surface area contributed by atoms with Crippen LogP contribution >= 0.6 is 0 Å². The molecule has 5 heteroatoms. The van der Waals surface area contributed by atoms with E-state index in [4.69, 9.17) is 4.42 Å². The number of furan rings is 1. The first-order valence-electron chi connectivity index (χ1n) is 7.40. The molecule has 0 saturated heterocycles. The maximum atomic E-state index is 12.6. The highest BCUT2D eigenvalue weighted by Gasteiger charge is 2.21. The number of carbonyl (C=O) groups excluding carboxylic acids is 1. The normalized spacial score (nSPS) is 10.9. The molecule has 0 aliphatic carbocycles. The van der Waals surface area contributed by atoms with Gasteiger partial charge in [0.1, 0.15) is 11.3 Å². The van der Waals surface area contributed by atoms with Crippen molar-refractivity contribution in [1.29, 1.82) is 0 Å². The largest absolute Gasteiger partial charge is 0.460 e. The number of nitrogens with one attached hydrogen (secondary N) is 1. The molecule has 0 saturated carbocycles. The van der Waals surface area contributed by atoms with Crippen LogP contribution in [0.5, 0.6) is 0 Å². The summed E-state index contributed by atoms with van der Waals surface area (Å²) in [7, 11) is 1.65. The standard InChI is InChI=1S/C18H18N2O3/c1-11-6-4-5-7-13(11)10-19-17(21)15-12(2)23-14-8-9-20(3)18(22)16(14)15/h4-9H,10H2,1-3H3,(H,19,21). The van der Waals surface area contributed by atoms with Gasteiger partial charge in [0.15, 0.2) is 0 Å². The second-order valence-electron chi connectivity index (χ2n) is 5.61. The van der Waals surface area contributed by atoms with E-state index < -0.39 is 0 Å². The van der Waals surface area contributed by atoms with Crippen molar-refractivity contribution in [2.45, 2.75) is 20.4 Å². The zero-order valence-corrected chi connectivity index (χ0v) is 13.3. The monoisotopic (exact) mass is 310 g/mol. The molecule has 1 aromatic carbocycles. The third-order valence-corrected chi connectivity index (χ3v) is 4.02. The van der Waals surface area contributed by atoms with Gasteiger partial charge in [-0.1, -0.05) is 24.3 Å². The molecular weight excluding hydrogens is 292 g/mol. The minimum Gasteiger partial charge on any atom is -0.460 e. The van der Waals surface area contributed by atoms with Gasteiger partial charge >= 0.3 is 0 Å². The van der Waals surface area contributed by atoms with E-state index in [9.17, 15) is 9.59 Å². The number of fused-ring (bicyclic) bond motifs is 1. The molecule has 5 nitrogen and oxygen atoms in total. The molecule has 0 fully saturated rings. The van der Waals surface area contributed by atoms with Crippen molar-refractivity contribution in [3.63, 3.8) is 0 Å². The molecule has 2 aromatic heterocycles. The Balaban J connectivity index is 1.95. The van der Waals surface area contributed by atoms with Crippen molar-refractivity contribution in [1.82, 2.24) is 9.88 Å². The Bertz CT molecular complexity index is 951. The van der Waals surface area contributed by atoms with Gasteiger partial charge in [-0.05, 0) is 31.0 Å². The lowest BCUT2D eigenvalue weighted by atomic mass is 10.1. The van der Waals surface area contributed by atoms with Gasteiger partial charge in [-0.3, -0.25) is 9.59 Å². The first kappa shape index (κ1) is 15.1. The summed E-state index contributed by atoms with van der Waals surface area (Å²) in [6.07, 6.45) is 1.63. The van der Waals surface area contributed by atoms with Gasteiger partial charge in [-0.2, -0.15) is 0 Å². The van der Waals surface area contributed by atoms with Crippen LogP contribution in [0.15, 0.2) is 45.7 Å². The summed E-state index contributed by atoms with van der Waals surface area (Å²) in [5, 5.41) is 3.20. The van der Waals surface area contributed by atoms with Crippen molar-refractivity contribution in [3.8, 4) is 0 Å². The van der Waals surface area contributed by atoms with Crippen molar-refractivity contribution < 1.29 is 9.21 Å². The Kier molecular flexibility index (Phi) is 3.78. The minimum atomic E-state index is -0.298. The average Bonchev–Trinajstić information content (AvgIpc) is 2.87. The lowest BCUT2D eigenvalue weighted by molar-refractivity contribution is 0.0950. The predicted octanol–water partition coefficient (Wildman–Crippen LogP) is 2.68. The lowest BCUT2D eigenvalue weighted by Gasteiger charge is -2.07. The zero-order chi connectivity index (χ0) is 16.6. The van der Waals surface area contributed by atoms with Crippen molar-refractivity contribution in [3.05, 3.63) is 69.3 Å². The molecule has 1 amide bonds. The fourth-order valence-electron chi connectivity index (χ4n) is 2.67. The first-order valence-corrected chi connectivity index (χ1v) is 7.40. The number of aryl methyl sites for hydroxylation is 3. The van der Waals surface area contributed by atoms with E-state index in [1.165, 1.54) is 4.57 Å². The van der Waals surface area contributed by atoms with Crippen molar-refractivity contribution >= 4 is 16.9 Å². The smallest absolute Gasteiger partial charge is 0.262 e. The first-order chi connectivity index (χ1) is 11.0. The molecule has 0 unspecified atom stereocenters. The van der Waals surface area contributed by atoms with Crippen LogP contribution in [0.1, 0.15) is 27.2 Å². The van der Waals surface area contributed by atoms with E-state index in [2.05, 4.69) is 5.32 Å². The van der Waals surface area contributed by atoms with Gasteiger partial charge in [-0.15, -0.1) is 0 Å². The van der Waals surface area contributed by atoms with Crippen LogP contribution in [-0.2, 0) is 13.6 Å². The molecule has 0 radical (unpaired) electrons. The maximum absolute atomic E-state index is 12.6. The van der Waals surface area contributed by atoms with E-state index >= 15 is 0 Å². The zero-order valence-electron chi connectivity index (χ0n) is 13.3. The van der Waals surface area contributed by atoms with Crippen LogP contribution < -0.4 is 10.9 Å². The highest BCUT2D eigenvalue weighted by Crippen LogP contribution is 2.22. The second-order valence-corrected chi connectivity index (χ2v) is 5.61. The van der Waals surface area contributed by atoms with Crippen molar-refractivity contribution in [2.75, 3.05) is 0 Å². The summed E-state index contributed by atoms with van der Waals surface area (Å²) in [5.74, 6) is 0.151. The van der Waals surface area contributed by atoms with E-state index in [1.54, 1.807) is 26.2 Å². The quantitative estimate of drug-likeness (QED) is 0.809. The summed E-state index contributed by atoms with van der Waals surface area (Å²) < 4.78 is 7.00. The Hall–Kier alpha value is -2.82. The van der Waals surface area contributed by atoms with Crippen molar-refractivity contribution in [2.24, 2.45) is 7.05 Å². The number of pyridine rings is 1. The van der Waals surface area contributed by atoms with Gasteiger partial charge in [0, 0.05) is 19.8 Å². The molecule has 1 N–H and O–H groups in total. The number of carbonyl (C=O) groups is 1. The fourth-order valence-corrected chi connectivity index (χ4v) is 2.67. The average molecular weight is 310 g/mol. The molecule has 0 aliphatic rings. The van der Waals surface area contributed by atoms with Crippen LogP contribution in [0, 0.1) is 13.8 Å². The van der Waals surface area contributed by atoms with E-state index in [1.807, 2.05) is 31.2 Å². The van der Waals surface area contributed by atoms with Gasteiger partial charge in [0.05, 0.1) is 10.9 Å². The summed E-state index contributed by atoms with van der Waals surface area (Å²) in [6, 6.07) is 9.55. The molecular formula is C18H18N2O3. The van der Waals surface area contributed by atoms with Gasteiger partial charge < -0.3 is 14.3 Å². The van der Waals surface area contributed by atoms with Gasteiger partial charge in [0.25, 0.3) is 11.5 Å². The summed E-state index contributed by atoms with van der Waals surface area (Å²) in [6.45, 7) is 4.10. The molecule has 3 rings (SSSR count). The highest BCUT2D eigenvalue weighted by molar-refractivity contribution is 6.06. The number of rotatable bonds is 3. The third-order valence-electron chi connectivity index (χ3n) is 4.02. The van der Waals surface area contributed by atoms with E-state index in [0.29, 0.717) is 28.8 Å². The minimum absolute atomic E-state index is 0.236. The molecule has 23 heavy (non-hydrogen) atoms. The molecule has 3 aromatic rings. The van der Waals surface area contributed by atoms with Crippen LogP contribution in [0.2, 0.25) is 0 Å². The van der Waals surface area contributed by atoms with Crippen LogP contribution in [0.25, 0.3) is 11.0 Å². The van der Waals surface area contributed by atoms with Gasteiger partial charge in [-0.25, -0.2) is 0 Å². The van der Waals surface area contributed by atoms with Crippen LogP contribution in [0.3, 0.4) is 0 Å². The summed E-state index contributed by atoms with van der Waals surface area (Å²) in [4.78, 5) is 24.9. The molecule has 0 bridgehead atoms. The number of hydrogen-bond acceptors (Lipinski definition) is 3. The van der Waals surface area contributed by atoms with Crippen LogP contribution in [0.4, 0.5) is 0 Å². The Morgan fingerprint density at radius 3 is 2.70 bits per heavy atom. The number of benzene rings is 1. The number of nitrogens with zero attached hydrogens (tertiary/aromatic N) is 1. The lowest BCUT2D eigenvalue weighted by Crippen LogP contribution is -2.25. The fraction of sp³-hybridized carbons (Fsp3) is 0.222. The topological polar surface area (TPSA) is 64.2 Å². The number of aromatic nitrogens is 1. The highest BCUT2D eigenvalue weighted by atomic mass is 16.3. The molecule has 0 aliphatic heterocycles. The summed E-state index contributed by atoms with van der Waals surface area (Å²) >= 11 is 0. The Labute approximate surface area is 133 Å². The number of amides is 1. The third kappa shape index (κ3) is 2.65. The predicted molar refractivity (Wildman–Crippen MR) is 88.5 cm³/mol. The van der Waals surface area contributed by atoms with Gasteiger partial charge in [0.2, 0.25) is 0 Å². The Morgan fingerprint density at radius 1 is 1.22 bits per heavy atom. The summed E-state index contributed by atoms with van der Waals surface area (Å²) in [5.41, 5.74) is 2.67. The molecule has 0 atom stereocenters. The maximum Gasteiger partial charge on any atom is 0.262 e. The molecule has 118 valence electrons. The number of hydrogen-bond donors (Lipinski definition) is 1. The molecule has 2 heterocycles. The van der Waals surface area contributed by atoms with E-state index in [-0.39, 0.29) is 11.5 Å².